The van der Waals surface area contributed by atoms with Crippen LogP contribution >= 0.6 is 0 Å². The molecule has 0 bridgehead atoms. The number of hydrogen-bond acceptors (Lipinski definition) is 4. The Labute approximate surface area is 295 Å². The number of fused-ring (bicyclic) bond motifs is 4. The number of nitrogens with zero attached hydrogens (tertiary/aromatic N) is 3. The summed E-state index contributed by atoms with van der Waals surface area (Å²) in [6.07, 6.45) is 3.73. The van der Waals surface area contributed by atoms with Crippen molar-refractivity contribution in [2.75, 3.05) is 0 Å². The van der Waals surface area contributed by atoms with E-state index in [-0.39, 0.29) is 25.5 Å². The maximum Gasteiger partial charge on any atom is 0.216 e. The van der Waals surface area contributed by atoms with E-state index in [0.717, 1.165) is 55.7 Å². The second kappa shape index (κ2) is 13.6. The van der Waals surface area contributed by atoms with Crippen LogP contribution in [0.5, 0.6) is 0 Å². The molecule has 0 aliphatic carbocycles. The minimum Gasteiger partial charge on any atom is -0.486 e. The van der Waals surface area contributed by atoms with Crippen molar-refractivity contribution in [3.05, 3.63) is 151 Å². The fourth-order valence-corrected chi connectivity index (χ4v) is 5.83. The molecule has 4 aromatic carbocycles. The number of aromatic nitrogens is 3. The van der Waals surface area contributed by atoms with Crippen LogP contribution in [0.25, 0.3) is 66.5 Å². The molecule has 0 atom stereocenters. The van der Waals surface area contributed by atoms with Crippen LogP contribution < -0.4 is 0 Å². The molecular weight excluding hydrogens is 767 g/mol. The summed E-state index contributed by atoms with van der Waals surface area (Å²) < 4.78 is 6.21. The van der Waals surface area contributed by atoms with Crippen molar-refractivity contribution in [1.29, 1.82) is 0 Å². The van der Waals surface area contributed by atoms with Gasteiger partial charge >= 0.3 is 0 Å². The molecule has 48 heavy (non-hydrogen) atoms. The molecule has 0 spiro atoms. The van der Waals surface area contributed by atoms with Crippen molar-refractivity contribution in [3.8, 4) is 33.6 Å². The molecule has 0 saturated carbocycles. The Kier molecular flexibility index (Phi) is 9.37. The SMILES string of the molecule is Cc1ccc2c(n1)oc1c(-c3cc(-c4ccc5cc(C(C)(C)C)ccc5c4)c(C)cn3)[c-]ccc12.[Ir].[c-]1ccccc1-c1ccccn1. The van der Waals surface area contributed by atoms with E-state index < -0.39 is 0 Å². The summed E-state index contributed by atoms with van der Waals surface area (Å²) in [6.45, 7) is 10.8. The molecule has 0 amide bonds. The van der Waals surface area contributed by atoms with Gasteiger partial charge in [-0.15, -0.1) is 54.1 Å². The van der Waals surface area contributed by atoms with E-state index in [9.17, 15) is 0 Å². The van der Waals surface area contributed by atoms with Crippen molar-refractivity contribution in [3.63, 3.8) is 0 Å². The summed E-state index contributed by atoms with van der Waals surface area (Å²) in [5.74, 6) is 0. The Morgan fingerprint density at radius 1 is 0.688 bits per heavy atom. The molecular formula is C43H35IrN3O-2. The summed E-state index contributed by atoms with van der Waals surface area (Å²) in [7, 11) is 0. The van der Waals surface area contributed by atoms with Gasteiger partial charge in [0.1, 0.15) is 0 Å². The molecule has 0 saturated heterocycles. The third-order valence-electron chi connectivity index (χ3n) is 8.46. The van der Waals surface area contributed by atoms with Crippen LogP contribution in [0.2, 0.25) is 0 Å². The predicted molar refractivity (Wildman–Crippen MR) is 193 cm³/mol. The van der Waals surface area contributed by atoms with E-state index in [1.54, 1.807) is 6.20 Å². The minimum atomic E-state index is 0. The first kappa shape index (κ1) is 33.0. The second-order valence-electron chi connectivity index (χ2n) is 12.9. The maximum absolute atomic E-state index is 6.21. The van der Waals surface area contributed by atoms with Gasteiger partial charge < -0.3 is 14.4 Å². The van der Waals surface area contributed by atoms with Gasteiger partial charge in [0.25, 0.3) is 0 Å². The Bertz CT molecular complexity index is 2320. The first-order chi connectivity index (χ1) is 22.7. The zero-order chi connectivity index (χ0) is 32.5. The van der Waals surface area contributed by atoms with Gasteiger partial charge in [0.05, 0.1) is 5.58 Å². The van der Waals surface area contributed by atoms with E-state index in [1.165, 1.54) is 21.9 Å². The normalized spacial score (nSPS) is 11.3. The number of pyridine rings is 3. The van der Waals surface area contributed by atoms with E-state index >= 15 is 0 Å². The van der Waals surface area contributed by atoms with Gasteiger partial charge in [0, 0.05) is 43.6 Å². The van der Waals surface area contributed by atoms with Crippen LogP contribution in [-0.2, 0) is 25.5 Å². The molecule has 0 unspecified atom stereocenters. The molecule has 8 aromatic rings. The third-order valence-corrected chi connectivity index (χ3v) is 8.46. The van der Waals surface area contributed by atoms with Crippen molar-refractivity contribution in [2.45, 2.75) is 40.0 Å². The van der Waals surface area contributed by atoms with Crippen LogP contribution in [0.15, 0.2) is 126 Å². The Balaban J connectivity index is 0.000000260. The predicted octanol–water partition coefficient (Wildman–Crippen LogP) is 11.1. The molecule has 0 fully saturated rings. The molecule has 4 aromatic heterocycles. The van der Waals surface area contributed by atoms with E-state index in [4.69, 9.17) is 9.40 Å². The maximum atomic E-state index is 6.21. The average molecular weight is 802 g/mol. The van der Waals surface area contributed by atoms with Gasteiger partial charge in [-0.05, 0) is 87.9 Å². The van der Waals surface area contributed by atoms with Crippen LogP contribution in [0.4, 0.5) is 0 Å². The van der Waals surface area contributed by atoms with Crippen LogP contribution in [-0.4, -0.2) is 15.0 Å². The molecule has 5 heteroatoms. The van der Waals surface area contributed by atoms with Crippen molar-refractivity contribution >= 4 is 32.8 Å². The fourth-order valence-electron chi connectivity index (χ4n) is 5.83. The van der Waals surface area contributed by atoms with Gasteiger partial charge in [-0.2, -0.15) is 0 Å². The molecule has 0 aliphatic rings. The van der Waals surface area contributed by atoms with Crippen LogP contribution in [0.3, 0.4) is 0 Å². The smallest absolute Gasteiger partial charge is 0.216 e. The van der Waals surface area contributed by atoms with Crippen molar-refractivity contribution in [1.82, 2.24) is 15.0 Å². The van der Waals surface area contributed by atoms with Gasteiger partial charge in [0.15, 0.2) is 0 Å². The number of furan rings is 1. The molecule has 4 heterocycles. The van der Waals surface area contributed by atoms with Gasteiger partial charge in [-0.1, -0.05) is 80.3 Å². The van der Waals surface area contributed by atoms with Crippen molar-refractivity contribution in [2.24, 2.45) is 0 Å². The van der Waals surface area contributed by atoms with Gasteiger partial charge in [-0.25, -0.2) is 4.98 Å². The molecule has 239 valence electrons. The monoisotopic (exact) mass is 802 g/mol. The Morgan fingerprint density at radius 2 is 1.50 bits per heavy atom. The summed E-state index contributed by atoms with van der Waals surface area (Å²) in [5.41, 5.74) is 11.0. The minimum absolute atomic E-state index is 0. The zero-order valence-electron chi connectivity index (χ0n) is 27.6. The first-order valence-corrected chi connectivity index (χ1v) is 15.8. The topological polar surface area (TPSA) is 51.8 Å². The quantitative estimate of drug-likeness (QED) is 0.167. The van der Waals surface area contributed by atoms with E-state index in [1.807, 2.05) is 73.8 Å². The third kappa shape index (κ3) is 6.71. The number of rotatable bonds is 3. The standard InChI is InChI=1S/C32H27N2O.C11H8N.Ir/c1-19-18-33-29(27-8-6-7-25-26-14-9-20(2)34-31(26)35-30(25)27)17-28(19)23-11-10-22-16-24(32(3,4)5)13-12-21(22)15-23;1-2-6-10(7-3-1)11-8-4-5-9-12-11;/h6-7,9-18H,1-5H3;1-6,8-9H;/q2*-1;. The molecule has 1 radical (unpaired) electrons. The van der Waals surface area contributed by atoms with E-state index in [0.29, 0.717) is 5.71 Å². The van der Waals surface area contributed by atoms with E-state index in [2.05, 4.69) is 98.3 Å². The Morgan fingerprint density at radius 3 is 2.27 bits per heavy atom. The summed E-state index contributed by atoms with van der Waals surface area (Å²) in [4.78, 5) is 13.6. The fraction of sp³-hybridized carbons (Fsp3) is 0.140. The second-order valence-corrected chi connectivity index (χ2v) is 12.9. The van der Waals surface area contributed by atoms with Crippen LogP contribution in [0.1, 0.15) is 37.6 Å². The number of aryl methyl sites for hydroxylation is 2. The average Bonchev–Trinajstić information content (AvgIpc) is 3.46. The Hall–Kier alpha value is -4.96. The van der Waals surface area contributed by atoms with Crippen molar-refractivity contribution < 1.29 is 24.5 Å². The zero-order valence-corrected chi connectivity index (χ0v) is 30.0. The summed E-state index contributed by atoms with van der Waals surface area (Å²) >= 11 is 0. The largest absolute Gasteiger partial charge is 0.486 e. The molecule has 0 aliphatic heterocycles. The summed E-state index contributed by atoms with van der Waals surface area (Å²) in [5, 5.41) is 4.54. The van der Waals surface area contributed by atoms with Gasteiger partial charge in [0.2, 0.25) is 5.71 Å². The summed E-state index contributed by atoms with van der Waals surface area (Å²) in [6, 6.07) is 43.9. The molecule has 4 nitrogen and oxygen atoms in total. The van der Waals surface area contributed by atoms with Gasteiger partial charge in [-0.3, -0.25) is 0 Å². The first-order valence-electron chi connectivity index (χ1n) is 15.8. The number of hydrogen-bond donors (Lipinski definition) is 0. The molecule has 8 rings (SSSR count). The number of benzene rings is 4. The molecule has 0 N–H and O–H groups in total. The van der Waals surface area contributed by atoms with Crippen LogP contribution in [0, 0.1) is 26.0 Å².